The Kier molecular flexibility index (Phi) is 5.93. The maximum Gasteiger partial charge on any atom is 0.265 e. The van der Waals surface area contributed by atoms with Crippen molar-refractivity contribution in [2.45, 2.75) is 45.7 Å². The van der Waals surface area contributed by atoms with Crippen LogP contribution >= 0.6 is 11.5 Å². The molecule has 24 heavy (non-hydrogen) atoms. The zero-order chi connectivity index (χ0) is 16.8. The molecule has 2 aromatic rings. The zero-order valence-corrected chi connectivity index (χ0v) is 14.9. The first kappa shape index (κ1) is 17.0. The van der Waals surface area contributed by atoms with Gasteiger partial charge in [0.2, 0.25) is 0 Å². The standard InChI is InChI=1S/C18H24N4OS/c1-2-16-17(24-21-20-16)18(23)19-12-14-6-8-15(9-7-14)13-22-10-4-3-5-11-22/h6-9H,2-5,10-13H2,1H3,(H,19,23). The molecule has 1 amide bonds. The molecule has 1 aromatic carbocycles. The highest BCUT2D eigenvalue weighted by molar-refractivity contribution is 7.08. The van der Waals surface area contributed by atoms with Gasteiger partial charge >= 0.3 is 0 Å². The summed E-state index contributed by atoms with van der Waals surface area (Å²) in [6.45, 7) is 5.96. The summed E-state index contributed by atoms with van der Waals surface area (Å²) in [4.78, 5) is 15.3. The van der Waals surface area contributed by atoms with Crippen LogP contribution in [-0.4, -0.2) is 33.5 Å². The van der Waals surface area contributed by atoms with Crippen molar-refractivity contribution in [2.75, 3.05) is 13.1 Å². The highest BCUT2D eigenvalue weighted by Crippen LogP contribution is 2.14. The topological polar surface area (TPSA) is 58.1 Å². The van der Waals surface area contributed by atoms with Crippen LogP contribution in [0.15, 0.2) is 24.3 Å². The lowest BCUT2D eigenvalue weighted by atomic mass is 10.1. The molecule has 0 saturated carbocycles. The Bertz CT molecular complexity index is 662. The summed E-state index contributed by atoms with van der Waals surface area (Å²) in [6, 6.07) is 8.54. The van der Waals surface area contributed by atoms with Gasteiger partial charge in [-0.2, -0.15) is 0 Å². The van der Waals surface area contributed by atoms with Crippen LogP contribution in [0.2, 0.25) is 0 Å². The first-order chi connectivity index (χ1) is 11.8. The molecule has 1 aliphatic rings. The Morgan fingerprint density at radius 3 is 2.58 bits per heavy atom. The molecule has 1 fully saturated rings. The van der Waals surface area contributed by atoms with Crippen molar-refractivity contribution in [1.82, 2.24) is 19.8 Å². The van der Waals surface area contributed by atoms with E-state index in [0.29, 0.717) is 11.4 Å². The Balaban J connectivity index is 1.51. The summed E-state index contributed by atoms with van der Waals surface area (Å²) < 4.78 is 3.86. The lowest BCUT2D eigenvalue weighted by Gasteiger charge is -2.26. The number of nitrogens with zero attached hydrogens (tertiary/aromatic N) is 3. The number of aryl methyl sites for hydroxylation is 1. The third-order valence-corrected chi connectivity index (χ3v) is 5.19. The molecule has 1 N–H and O–H groups in total. The van der Waals surface area contributed by atoms with E-state index in [1.54, 1.807) is 0 Å². The molecular formula is C18H24N4OS. The van der Waals surface area contributed by atoms with Crippen LogP contribution in [0.5, 0.6) is 0 Å². The average Bonchev–Trinajstić information content (AvgIpc) is 3.10. The van der Waals surface area contributed by atoms with Gasteiger partial charge in [0.1, 0.15) is 4.88 Å². The van der Waals surface area contributed by atoms with E-state index in [1.165, 1.54) is 37.9 Å². The molecule has 3 rings (SSSR count). The molecule has 0 atom stereocenters. The third-order valence-electron chi connectivity index (χ3n) is 4.43. The number of hydrogen-bond acceptors (Lipinski definition) is 5. The summed E-state index contributed by atoms with van der Waals surface area (Å²) in [5, 5.41) is 6.94. The van der Waals surface area contributed by atoms with Gasteiger partial charge in [-0.25, -0.2) is 0 Å². The molecule has 0 spiro atoms. The van der Waals surface area contributed by atoms with Crippen molar-refractivity contribution >= 4 is 17.4 Å². The Morgan fingerprint density at radius 2 is 1.88 bits per heavy atom. The molecule has 5 nitrogen and oxygen atoms in total. The van der Waals surface area contributed by atoms with Crippen molar-refractivity contribution < 1.29 is 4.79 Å². The van der Waals surface area contributed by atoms with Crippen LogP contribution in [0.1, 0.15) is 52.7 Å². The van der Waals surface area contributed by atoms with Gasteiger partial charge in [-0.1, -0.05) is 42.1 Å². The molecule has 1 aromatic heterocycles. The van der Waals surface area contributed by atoms with E-state index in [2.05, 4.69) is 44.1 Å². The van der Waals surface area contributed by atoms with Gasteiger partial charge in [0.05, 0.1) is 5.69 Å². The average molecular weight is 344 g/mol. The molecule has 0 unspecified atom stereocenters. The fourth-order valence-electron chi connectivity index (χ4n) is 3.01. The normalized spacial score (nSPS) is 15.4. The number of amides is 1. The van der Waals surface area contributed by atoms with E-state index in [4.69, 9.17) is 0 Å². The van der Waals surface area contributed by atoms with Crippen LogP contribution in [-0.2, 0) is 19.5 Å². The lowest BCUT2D eigenvalue weighted by Crippen LogP contribution is -2.29. The highest BCUT2D eigenvalue weighted by atomic mass is 32.1. The predicted molar refractivity (Wildman–Crippen MR) is 96.0 cm³/mol. The maximum absolute atomic E-state index is 12.2. The fraction of sp³-hybridized carbons (Fsp3) is 0.500. The van der Waals surface area contributed by atoms with Gasteiger partial charge < -0.3 is 5.32 Å². The number of aromatic nitrogens is 2. The lowest BCUT2D eigenvalue weighted by molar-refractivity contribution is 0.0954. The van der Waals surface area contributed by atoms with Crippen molar-refractivity contribution in [3.63, 3.8) is 0 Å². The smallest absolute Gasteiger partial charge is 0.265 e. The minimum Gasteiger partial charge on any atom is -0.347 e. The first-order valence-corrected chi connectivity index (χ1v) is 9.43. The van der Waals surface area contributed by atoms with Gasteiger partial charge in [0.15, 0.2) is 0 Å². The van der Waals surface area contributed by atoms with E-state index in [1.807, 2.05) is 6.92 Å². The SMILES string of the molecule is CCc1nnsc1C(=O)NCc1ccc(CN2CCCCC2)cc1. The van der Waals surface area contributed by atoms with E-state index in [9.17, 15) is 4.79 Å². The fourth-order valence-corrected chi connectivity index (χ4v) is 3.68. The van der Waals surface area contributed by atoms with Crippen LogP contribution in [0.3, 0.4) is 0 Å². The third kappa shape index (κ3) is 4.39. The second-order valence-electron chi connectivity index (χ2n) is 6.24. The second kappa shape index (κ2) is 8.35. The van der Waals surface area contributed by atoms with Crippen molar-refractivity contribution in [3.8, 4) is 0 Å². The van der Waals surface area contributed by atoms with Crippen LogP contribution in [0.25, 0.3) is 0 Å². The second-order valence-corrected chi connectivity index (χ2v) is 6.99. The number of carbonyl (C=O) groups excluding carboxylic acids is 1. The van der Waals surface area contributed by atoms with E-state index in [-0.39, 0.29) is 5.91 Å². The highest BCUT2D eigenvalue weighted by Gasteiger charge is 2.14. The zero-order valence-electron chi connectivity index (χ0n) is 14.1. The molecule has 6 heteroatoms. The van der Waals surface area contributed by atoms with Gasteiger partial charge in [0.25, 0.3) is 5.91 Å². The minimum absolute atomic E-state index is 0.0840. The Labute approximate surface area is 147 Å². The predicted octanol–water partition coefficient (Wildman–Crippen LogP) is 3.02. The molecule has 1 aliphatic heterocycles. The van der Waals surface area contributed by atoms with Crippen LogP contribution in [0, 0.1) is 0 Å². The molecule has 128 valence electrons. The van der Waals surface area contributed by atoms with Crippen molar-refractivity contribution in [1.29, 1.82) is 0 Å². The molecule has 1 saturated heterocycles. The van der Waals surface area contributed by atoms with Gasteiger partial charge in [-0.3, -0.25) is 9.69 Å². The monoisotopic (exact) mass is 344 g/mol. The molecule has 0 aliphatic carbocycles. The number of carbonyl (C=O) groups is 1. The number of nitrogens with one attached hydrogen (secondary N) is 1. The summed E-state index contributed by atoms with van der Waals surface area (Å²) in [7, 11) is 0. The van der Waals surface area contributed by atoms with Gasteiger partial charge in [-0.05, 0) is 55.0 Å². The Hall–Kier alpha value is -1.79. The molecule has 2 heterocycles. The maximum atomic E-state index is 12.2. The van der Waals surface area contributed by atoms with E-state index >= 15 is 0 Å². The number of hydrogen-bond donors (Lipinski definition) is 1. The summed E-state index contributed by atoms with van der Waals surface area (Å²) in [5.41, 5.74) is 3.22. The van der Waals surface area contributed by atoms with E-state index in [0.717, 1.165) is 35.8 Å². The quantitative estimate of drug-likeness (QED) is 0.875. The number of rotatable bonds is 6. The summed E-state index contributed by atoms with van der Waals surface area (Å²) >= 11 is 1.16. The van der Waals surface area contributed by atoms with Crippen molar-refractivity contribution in [3.05, 3.63) is 46.0 Å². The van der Waals surface area contributed by atoms with Crippen LogP contribution in [0.4, 0.5) is 0 Å². The Morgan fingerprint density at radius 1 is 1.17 bits per heavy atom. The largest absolute Gasteiger partial charge is 0.347 e. The summed E-state index contributed by atoms with van der Waals surface area (Å²) in [6.07, 6.45) is 4.72. The number of likely N-dealkylation sites (tertiary alicyclic amines) is 1. The minimum atomic E-state index is -0.0840. The van der Waals surface area contributed by atoms with Crippen molar-refractivity contribution in [2.24, 2.45) is 0 Å². The molecule has 0 radical (unpaired) electrons. The molecular weight excluding hydrogens is 320 g/mol. The summed E-state index contributed by atoms with van der Waals surface area (Å²) in [5.74, 6) is -0.0840. The number of benzene rings is 1. The molecule has 0 bridgehead atoms. The van der Waals surface area contributed by atoms with Gasteiger partial charge in [0, 0.05) is 13.1 Å². The first-order valence-electron chi connectivity index (χ1n) is 8.66. The van der Waals surface area contributed by atoms with E-state index < -0.39 is 0 Å². The van der Waals surface area contributed by atoms with Gasteiger partial charge in [-0.15, -0.1) is 5.10 Å². The van der Waals surface area contributed by atoms with Crippen LogP contribution < -0.4 is 5.32 Å². The number of piperidine rings is 1.